The van der Waals surface area contributed by atoms with Crippen molar-refractivity contribution in [2.75, 3.05) is 6.61 Å². The van der Waals surface area contributed by atoms with Gasteiger partial charge in [0.2, 0.25) is 0 Å². The first kappa shape index (κ1) is 9.86. The average Bonchev–Trinajstić information content (AvgIpc) is 2.94. The van der Waals surface area contributed by atoms with Crippen LogP contribution in [-0.4, -0.2) is 6.61 Å². The first-order valence-electron chi connectivity index (χ1n) is 5.75. The molecular weight excluding hydrogens is 252 g/mol. The lowest BCUT2D eigenvalue weighted by atomic mass is 9.97. The van der Waals surface area contributed by atoms with Gasteiger partial charge in [0, 0.05) is 11.1 Å². The Morgan fingerprint density at radius 3 is 2.67 bits per heavy atom. The molecule has 1 nitrogen and oxygen atoms in total. The monoisotopic (exact) mass is 266 g/mol. The van der Waals surface area contributed by atoms with Crippen molar-refractivity contribution in [3.63, 3.8) is 0 Å². The number of rotatable bonds is 2. The highest BCUT2D eigenvalue weighted by Crippen LogP contribution is 2.45. The number of halogens is 1. The molecule has 15 heavy (non-hydrogen) atoms. The number of hydrogen-bond acceptors (Lipinski definition) is 1. The molecule has 2 aliphatic rings. The lowest BCUT2D eigenvalue weighted by Gasteiger charge is -2.15. The third-order valence-corrected chi connectivity index (χ3v) is 3.84. The molecule has 80 valence electrons. The Morgan fingerprint density at radius 1 is 1.13 bits per heavy atom. The summed E-state index contributed by atoms with van der Waals surface area (Å²) in [6, 6.07) is 6.69. The van der Waals surface area contributed by atoms with Gasteiger partial charge in [-0.1, -0.05) is 22.0 Å². The quantitative estimate of drug-likeness (QED) is 0.781. The molecule has 1 saturated carbocycles. The van der Waals surface area contributed by atoms with Crippen LogP contribution in [-0.2, 0) is 4.74 Å². The molecule has 2 fully saturated rings. The molecule has 1 aromatic carbocycles. The van der Waals surface area contributed by atoms with Crippen LogP contribution in [0.5, 0.6) is 0 Å². The van der Waals surface area contributed by atoms with Crippen LogP contribution in [0.4, 0.5) is 0 Å². The van der Waals surface area contributed by atoms with E-state index in [9.17, 15) is 0 Å². The molecule has 1 aliphatic carbocycles. The molecule has 1 aliphatic heterocycles. The van der Waals surface area contributed by atoms with E-state index in [1.165, 1.54) is 41.3 Å². The van der Waals surface area contributed by atoms with Crippen LogP contribution in [0.15, 0.2) is 22.7 Å². The Hall–Kier alpha value is -0.340. The normalized spacial score (nSPS) is 25.8. The van der Waals surface area contributed by atoms with Crippen molar-refractivity contribution in [2.24, 2.45) is 0 Å². The summed E-state index contributed by atoms with van der Waals surface area (Å²) in [5.74, 6) is 0.817. The van der Waals surface area contributed by atoms with Gasteiger partial charge in [-0.3, -0.25) is 0 Å². The first-order chi connectivity index (χ1) is 7.34. The summed E-state index contributed by atoms with van der Waals surface area (Å²) in [5.41, 5.74) is 2.97. The van der Waals surface area contributed by atoms with E-state index in [0.717, 1.165) is 12.5 Å². The van der Waals surface area contributed by atoms with Crippen molar-refractivity contribution in [2.45, 2.75) is 37.7 Å². The maximum atomic E-state index is 5.79. The van der Waals surface area contributed by atoms with E-state index in [2.05, 4.69) is 34.1 Å². The van der Waals surface area contributed by atoms with Crippen molar-refractivity contribution in [1.29, 1.82) is 0 Å². The second kappa shape index (κ2) is 3.91. The van der Waals surface area contributed by atoms with Gasteiger partial charge in [0.1, 0.15) is 0 Å². The zero-order valence-corrected chi connectivity index (χ0v) is 10.3. The minimum Gasteiger partial charge on any atom is -0.374 e. The molecule has 1 atom stereocenters. The Labute approximate surface area is 99.0 Å². The molecule has 0 N–H and O–H groups in total. The summed E-state index contributed by atoms with van der Waals surface area (Å²) < 4.78 is 6.97. The summed E-state index contributed by atoms with van der Waals surface area (Å²) in [6.45, 7) is 0.932. The third kappa shape index (κ3) is 1.98. The van der Waals surface area contributed by atoms with Crippen LogP contribution in [0.2, 0.25) is 0 Å². The van der Waals surface area contributed by atoms with Crippen LogP contribution in [0.1, 0.15) is 48.8 Å². The van der Waals surface area contributed by atoms with Gasteiger partial charge < -0.3 is 4.74 Å². The molecule has 1 aromatic rings. The van der Waals surface area contributed by atoms with Crippen molar-refractivity contribution in [3.8, 4) is 0 Å². The first-order valence-corrected chi connectivity index (χ1v) is 6.55. The lowest BCUT2D eigenvalue weighted by molar-refractivity contribution is 0.111. The fourth-order valence-electron chi connectivity index (χ4n) is 2.41. The fraction of sp³-hybridized carbons (Fsp3) is 0.538. The van der Waals surface area contributed by atoms with Gasteiger partial charge in [-0.15, -0.1) is 0 Å². The Morgan fingerprint density at radius 2 is 2.00 bits per heavy atom. The minimum absolute atomic E-state index is 0.359. The molecule has 0 spiro atoms. The van der Waals surface area contributed by atoms with Gasteiger partial charge in [0.25, 0.3) is 0 Å². The van der Waals surface area contributed by atoms with Gasteiger partial charge in [-0.05, 0) is 54.9 Å². The van der Waals surface area contributed by atoms with E-state index in [4.69, 9.17) is 4.74 Å². The van der Waals surface area contributed by atoms with E-state index >= 15 is 0 Å². The van der Waals surface area contributed by atoms with Crippen molar-refractivity contribution in [1.82, 2.24) is 0 Å². The van der Waals surface area contributed by atoms with Crippen LogP contribution in [0.25, 0.3) is 0 Å². The molecule has 0 amide bonds. The number of hydrogen-bond donors (Lipinski definition) is 0. The predicted molar refractivity (Wildman–Crippen MR) is 64.0 cm³/mol. The highest BCUT2D eigenvalue weighted by molar-refractivity contribution is 9.10. The van der Waals surface area contributed by atoms with Crippen LogP contribution in [0.3, 0.4) is 0 Å². The number of ether oxygens (including phenoxy) is 1. The van der Waals surface area contributed by atoms with E-state index in [1.54, 1.807) is 0 Å². The van der Waals surface area contributed by atoms with Crippen molar-refractivity contribution in [3.05, 3.63) is 33.8 Å². The lowest BCUT2D eigenvalue weighted by Crippen LogP contribution is -2.00. The minimum atomic E-state index is 0.359. The van der Waals surface area contributed by atoms with Gasteiger partial charge in [0.05, 0.1) is 6.10 Å². The predicted octanol–water partition coefficient (Wildman–Crippen LogP) is 4.18. The third-order valence-electron chi connectivity index (χ3n) is 3.34. The van der Waals surface area contributed by atoms with Crippen molar-refractivity contribution >= 4 is 15.9 Å². The van der Waals surface area contributed by atoms with Crippen LogP contribution in [0, 0.1) is 0 Å². The van der Waals surface area contributed by atoms with Crippen molar-refractivity contribution < 1.29 is 4.74 Å². The molecule has 1 saturated heterocycles. The van der Waals surface area contributed by atoms with E-state index in [0.29, 0.717) is 6.10 Å². The molecule has 1 heterocycles. The molecule has 0 aromatic heterocycles. The summed E-state index contributed by atoms with van der Waals surface area (Å²) in [4.78, 5) is 0. The van der Waals surface area contributed by atoms with E-state index < -0.39 is 0 Å². The SMILES string of the molecule is Brc1ccc(C2CC2)c(C2CCCO2)c1. The number of benzene rings is 1. The zero-order chi connectivity index (χ0) is 10.3. The fourth-order valence-corrected chi connectivity index (χ4v) is 2.79. The average molecular weight is 267 g/mol. The largest absolute Gasteiger partial charge is 0.374 e. The van der Waals surface area contributed by atoms with Gasteiger partial charge in [-0.25, -0.2) is 0 Å². The van der Waals surface area contributed by atoms with Crippen LogP contribution < -0.4 is 0 Å². The maximum absolute atomic E-state index is 5.79. The second-order valence-electron chi connectivity index (χ2n) is 4.55. The van der Waals surface area contributed by atoms with Gasteiger partial charge in [0.15, 0.2) is 0 Å². The van der Waals surface area contributed by atoms with Gasteiger partial charge >= 0.3 is 0 Å². The summed E-state index contributed by atoms with van der Waals surface area (Å²) in [5, 5.41) is 0. The molecule has 3 rings (SSSR count). The van der Waals surface area contributed by atoms with Gasteiger partial charge in [-0.2, -0.15) is 0 Å². The van der Waals surface area contributed by atoms with E-state index in [-0.39, 0.29) is 0 Å². The molecule has 2 heteroatoms. The molecule has 0 radical (unpaired) electrons. The summed E-state index contributed by atoms with van der Waals surface area (Å²) in [7, 11) is 0. The highest BCUT2D eigenvalue weighted by Gasteiger charge is 2.29. The Kier molecular flexibility index (Phi) is 2.57. The molecule has 0 bridgehead atoms. The standard InChI is InChI=1S/C13H15BrO/c14-10-5-6-11(9-3-4-9)12(8-10)13-2-1-7-15-13/h5-6,8-9,13H,1-4,7H2. The Balaban J connectivity index is 1.98. The molecule has 1 unspecified atom stereocenters. The zero-order valence-electron chi connectivity index (χ0n) is 8.71. The highest BCUT2D eigenvalue weighted by atomic mass is 79.9. The molecular formula is C13H15BrO. The Bertz CT molecular complexity index is 365. The van der Waals surface area contributed by atoms with Crippen LogP contribution >= 0.6 is 15.9 Å². The topological polar surface area (TPSA) is 9.23 Å². The maximum Gasteiger partial charge on any atom is 0.0828 e. The van der Waals surface area contributed by atoms with E-state index in [1.807, 2.05) is 0 Å². The second-order valence-corrected chi connectivity index (χ2v) is 5.46. The smallest absolute Gasteiger partial charge is 0.0828 e. The summed E-state index contributed by atoms with van der Waals surface area (Å²) >= 11 is 3.56. The summed E-state index contributed by atoms with van der Waals surface area (Å²) in [6.07, 6.45) is 5.48.